The Balaban J connectivity index is 1.81. The van der Waals surface area contributed by atoms with Crippen LogP contribution in [0.2, 0.25) is 0 Å². The predicted molar refractivity (Wildman–Crippen MR) is 84.7 cm³/mol. The highest BCUT2D eigenvalue weighted by atomic mass is 15.5. The van der Waals surface area contributed by atoms with Crippen LogP contribution in [0.3, 0.4) is 0 Å². The molecule has 21 heavy (non-hydrogen) atoms. The summed E-state index contributed by atoms with van der Waals surface area (Å²) in [5, 5.41) is 9.10. The van der Waals surface area contributed by atoms with Gasteiger partial charge in [-0.25, -0.2) is 0 Å². The summed E-state index contributed by atoms with van der Waals surface area (Å²) in [6.45, 7) is 2.14. The standard InChI is InChI=1S/C16H17N5/c17-13-10-14-15(11-16(13)20-8-4-5-9-20)19-21(18-14)12-6-2-1-3-7-12/h1-3,6-7,10-11H,4-5,8-9,17H2. The van der Waals surface area contributed by atoms with Crippen molar-refractivity contribution in [2.75, 3.05) is 23.7 Å². The highest BCUT2D eigenvalue weighted by Crippen LogP contribution is 2.30. The number of aromatic nitrogens is 3. The maximum atomic E-state index is 6.20. The van der Waals surface area contributed by atoms with Gasteiger partial charge in [0, 0.05) is 13.1 Å². The maximum absolute atomic E-state index is 6.20. The minimum atomic E-state index is 0.782. The Hall–Kier alpha value is -2.56. The van der Waals surface area contributed by atoms with Gasteiger partial charge in [-0.05, 0) is 37.1 Å². The fraction of sp³-hybridized carbons (Fsp3) is 0.250. The summed E-state index contributed by atoms with van der Waals surface area (Å²) in [4.78, 5) is 3.99. The highest BCUT2D eigenvalue weighted by molar-refractivity contribution is 5.86. The van der Waals surface area contributed by atoms with E-state index in [1.165, 1.54) is 12.8 Å². The van der Waals surface area contributed by atoms with Crippen LogP contribution >= 0.6 is 0 Å². The topological polar surface area (TPSA) is 60.0 Å². The van der Waals surface area contributed by atoms with E-state index < -0.39 is 0 Å². The molecule has 2 aromatic carbocycles. The fourth-order valence-corrected chi connectivity index (χ4v) is 2.88. The van der Waals surface area contributed by atoms with Crippen LogP contribution in [0, 0.1) is 0 Å². The van der Waals surface area contributed by atoms with Gasteiger partial charge in [0.05, 0.1) is 17.1 Å². The summed E-state index contributed by atoms with van der Waals surface area (Å²) in [6.07, 6.45) is 2.46. The average Bonchev–Trinajstić information content (AvgIpc) is 3.16. The second-order valence-electron chi connectivity index (χ2n) is 5.42. The Bertz CT molecular complexity index is 772. The van der Waals surface area contributed by atoms with E-state index in [9.17, 15) is 0 Å². The molecule has 2 heterocycles. The van der Waals surface area contributed by atoms with Gasteiger partial charge in [-0.15, -0.1) is 10.2 Å². The van der Waals surface area contributed by atoms with E-state index in [1.54, 1.807) is 4.80 Å². The van der Waals surface area contributed by atoms with Gasteiger partial charge in [-0.2, -0.15) is 4.80 Å². The van der Waals surface area contributed by atoms with E-state index >= 15 is 0 Å². The number of nitrogen functional groups attached to an aromatic ring is 1. The lowest BCUT2D eigenvalue weighted by Crippen LogP contribution is -2.18. The molecule has 0 unspecified atom stereocenters. The van der Waals surface area contributed by atoms with Gasteiger partial charge < -0.3 is 10.6 Å². The quantitative estimate of drug-likeness (QED) is 0.732. The predicted octanol–water partition coefficient (Wildman–Crippen LogP) is 2.60. The number of para-hydroxylation sites is 1. The van der Waals surface area contributed by atoms with Crippen molar-refractivity contribution in [3.8, 4) is 5.69 Å². The van der Waals surface area contributed by atoms with Crippen LogP contribution in [0.25, 0.3) is 16.7 Å². The van der Waals surface area contributed by atoms with Crippen LogP contribution in [0.5, 0.6) is 0 Å². The van der Waals surface area contributed by atoms with Gasteiger partial charge in [0.15, 0.2) is 0 Å². The summed E-state index contributed by atoms with van der Waals surface area (Å²) in [5.41, 5.74) is 10.7. The van der Waals surface area contributed by atoms with E-state index in [0.717, 1.165) is 41.2 Å². The number of anilines is 2. The summed E-state index contributed by atoms with van der Waals surface area (Å²) < 4.78 is 0. The fourth-order valence-electron chi connectivity index (χ4n) is 2.88. The van der Waals surface area contributed by atoms with Crippen molar-refractivity contribution < 1.29 is 0 Å². The zero-order chi connectivity index (χ0) is 14.2. The van der Waals surface area contributed by atoms with Crippen molar-refractivity contribution in [2.45, 2.75) is 12.8 Å². The van der Waals surface area contributed by atoms with Crippen molar-refractivity contribution in [1.29, 1.82) is 0 Å². The largest absolute Gasteiger partial charge is 0.397 e. The Morgan fingerprint density at radius 3 is 2.29 bits per heavy atom. The Morgan fingerprint density at radius 1 is 0.905 bits per heavy atom. The molecule has 3 aromatic rings. The Kier molecular flexibility index (Phi) is 2.77. The first-order valence-electron chi connectivity index (χ1n) is 7.28. The van der Waals surface area contributed by atoms with Crippen molar-refractivity contribution in [2.24, 2.45) is 0 Å². The highest BCUT2D eigenvalue weighted by Gasteiger charge is 2.17. The van der Waals surface area contributed by atoms with Crippen LogP contribution in [0.4, 0.5) is 11.4 Å². The number of hydrogen-bond acceptors (Lipinski definition) is 4. The number of benzene rings is 2. The van der Waals surface area contributed by atoms with Crippen LogP contribution < -0.4 is 10.6 Å². The zero-order valence-electron chi connectivity index (χ0n) is 11.7. The lowest BCUT2D eigenvalue weighted by atomic mass is 10.2. The third-order valence-corrected chi connectivity index (χ3v) is 3.96. The first kappa shape index (κ1) is 12.2. The average molecular weight is 279 g/mol. The molecule has 0 atom stereocenters. The summed E-state index contributed by atoms with van der Waals surface area (Å²) in [6, 6.07) is 13.9. The van der Waals surface area contributed by atoms with E-state index in [1.807, 2.05) is 36.4 Å². The van der Waals surface area contributed by atoms with E-state index in [2.05, 4.69) is 21.2 Å². The molecule has 0 spiro atoms. The summed E-state index contributed by atoms with van der Waals surface area (Å²) >= 11 is 0. The van der Waals surface area contributed by atoms with Crippen LogP contribution in [0.15, 0.2) is 42.5 Å². The maximum Gasteiger partial charge on any atom is 0.115 e. The molecule has 106 valence electrons. The SMILES string of the molecule is Nc1cc2nn(-c3ccccc3)nc2cc1N1CCCC1. The number of nitrogens with zero attached hydrogens (tertiary/aromatic N) is 4. The summed E-state index contributed by atoms with van der Waals surface area (Å²) in [5.74, 6) is 0. The number of fused-ring (bicyclic) bond motifs is 1. The molecule has 0 amide bonds. The molecule has 2 N–H and O–H groups in total. The van der Waals surface area contributed by atoms with Gasteiger partial charge in [0.25, 0.3) is 0 Å². The lowest BCUT2D eigenvalue weighted by Gasteiger charge is -2.19. The Labute approximate surface area is 123 Å². The smallest absolute Gasteiger partial charge is 0.115 e. The molecule has 1 aromatic heterocycles. The molecule has 1 fully saturated rings. The van der Waals surface area contributed by atoms with Crippen molar-refractivity contribution in [3.63, 3.8) is 0 Å². The zero-order valence-corrected chi connectivity index (χ0v) is 11.7. The third kappa shape index (κ3) is 2.11. The normalized spacial score (nSPS) is 15.0. The molecule has 4 rings (SSSR count). The van der Waals surface area contributed by atoms with E-state index in [-0.39, 0.29) is 0 Å². The van der Waals surface area contributed by atoms with Crippen molar-refractivity contribution in [3.05, 3.63) is 42.5 Å². The minimum absolute atomic E-state index is 0.782. The molecule has 0 bridgehead atoms. The van der Waals surface area contributed by atoms with Gasteiger partial charge >= 0.3 is 0 Å². The van der Waals surface area contributed by atoms with Gasteiger partial charge in [-0.1, -0.05) is 18.2 Å². The molecular formula is C16H17N5. The molecule has 5 heteroatoms. The second-order valence-corrected chi connectivity index (χ2v) is 5.42. The van der Waals surface area contributed by atoms with Crippen LogP contribution in [0.1, 0.15) is 12.8 Å². The number of rotatable bonds is 2. The third-order valence-electron chi connectivity index (χ3n) is 3.96. The lowest BCUT2D eigenvalue weighted by molar-refractivity contribution is 0.766. The van der Waals surface area contributed by atoms with Crippen LogP contribution in [-0.4, -0.2) is 28.1 Å². The van der Waals surface area contributed by atoms with Gasteiger partial charge in [0.1, 0.15) is 11.0 Å². The van der Waals surface area contributed by atoms with Gasteiger partial charge in [0.2, 0.25) is 0 Å². The molecular weight excluding hydrogens is 262 g/mol. The Morgan fingerprint density at radius 2 is 1.57 bits per heavy atom. The molecule has 0 aliphatic carbocycles. The second kappa shape index (κ2) is 4.77. The van der Waals surface area contributed by atoms with E-state index in [0.29, 0.717) is 0 Å². The minimum Gasteiger partial charge on any atom is -0.397 e. The van der Waals surface area contributed by atoms with Crippen LogP contribution in [-0.2, 0) is 0 Å². The van der Waals surface area contributed by atoms with E-state index in [4.69, 9.17) is 5.73 Å². The number of nitrogens with two attached hydrogens (primary N) is 1. The first-order valence-corrected chi connectivity index (χ1v) is 7.28. The molecule has 1 aliphatic heterocycles. The summed E-state index contributed by atoms with van der Waals surface area (Å²) in [7, 11) is 0. The number of hydrogen-bond donors (Lipinski definition) is 1. The molecule has 1 saturated heterocycles. The molecule has 1 aliphatic rings. The molecule has 0 saturated carbocycles. The molecule has 0 radical (unpaired) electrons. The van der Waals surface area contributed by atoms with Crippen molar-refractivity contribution >= 4 is 22.4 Å². The van der Waals surface area contributed by atoms with Gasteiger partial charge in [-0.3, -0.25) is 0 Å². The monoisotopic (exact) mass is 279 g/mol. The van der Waals surface area contributed by atoms with Crippen molar-refractivity contribution in [1.82, 2.24) is 15.0 Å². The molecule has 5 nitrogen and oxygen atoms in total. The first-order chi connectivity index (χ1) is 10.3.